The molecule has 0 radical (unpaired) electrons. The zero-order valence-corrected chi connectivity index (χ0v) is 15.3. The summed E-state index contributed by atoms with van der Waals surface area (Å²) in [7, 11) is 0. The molecule has 0 bridgehead atoms. The maximum Gasteiger partial charge on any atom is 0.337 e. The van der Waals surface area contributed by atoms with Gasteiger partial charge >= 0.3 is 5.97 Å². The van der Waals surface area contributed by atoms with Gasteiger partial charge in [0, 0.05) is 4.88 Å². The third-order valence-corrected chi connectivity index (χ3v) is 4.81. The summed E-state index contributed by atoms with van der Waals surface area (Å²) >= 11 is 1.41. The Morgan fingerprint density at radius 2 is 1.69 bits per heavy atom. The van der Waals surface area contributed by atoms with Gasteiger partial charge in [0.1, 0.15) is 11.5 Å². The molecule has 0 saturated carbocycles. The Hall–Kier alpha value is -2.85. The van der Waals surface area contributed by atoms with E-state index in [1.165, 1.54) is 16.9 Å². The average Bonchev–Trinajstić information content (AvgIpc) is 3.17. The highest BCUT2D eigenvalue weighted by Gasteiger charge is 2.11. The number of hydrogen-bond acceptors (Lipinski definition) is 3. The van der Waals surface area contributed by atoms with Crippen LogP contribution >= 0.6 is 11.3 Å². The van der Waals surface area contributed by atoms with Crippen molar-refractivity contribution in [2.24, 2.45) is 0 Å². The largest absolute Gasteiger partial charge is 0.478 e. The summed E-state index contributed by atoms with van der Waals surface area (Å²) in [5.74, 6) is 0.580. The number of aryl methyl sites for hydroxylation is 1. The first-order valence-corrected chi connectivity index (χ1v) is 9.39. The van der Waals surface area contributed by atoms with Crippen LogP contribution in [0.1, 0.15) is 29.3 Å². The minimum absolute atomic E-state index is 0.292. The molecular weight excluding hydrogens is 344 g/mol. The summed E-state index contributed by atoms with van der Waals surface area (Å²) in [6.45, 7) is 2.16. The zero-order chi connectivity index (χ0) is 18.4. The predicted molar refractivity (Wildman–Crippen MR) is 107 cm³/mol. The fourth-order valence-corrected chi connectivity index (χ4v) is 3.35. The molecule has 0 fully saturated rings. The van der Waals surface area contributed by atoms with Crippen molar-refractivity contribution in [3.05, 3.63) is 82.0 Å². The van der Waals surface area contributed by atoms with E-state index in [2.05, 4.69) is 19.1 Å². The second-order valence-corrected chi connectivity index (χ2v) is 6.85. The van der Waals surface area contributed by atoms with E-state index in [1.807, 2.05) is 53.9 Å². The van der Waals surface area contributed by atoms with Gasteiger partial charge in [0.25, 0.3) is 0 Å². The maximum atomic E-state index is 11.5. The van der Waals surface area contributed by atoms with Crippen LogP contribution in [0.4, 0.5) is 0 Å². The molecule has 3 rings (SSSR count). The lowest BCUT2D eigenvalue weighted by Gasteiger charge is -2.07. The van der Waals surface area contributed by atoms with Crippen LogP contribution in [0, 0.1) is 0 Å². The van der Waals surface area contributed by atoms with Gasteiger partial charge in [-0.2, -0.15) is 0 Å². The Balaban J connectivity index is 1.73. The smallest absolute Gasteiger partial charge is 0.337 e. The van der Waals surface area contributed by atoms with Crippen LogP contribution in [-0.4, -0.2) is 11.1 Å². The average molecular weight is 364 g/mol. The number of rotatable bonds is 7. The first-order chi connectivity index (χ1) is 12.7. The minimum Gasteiger partial charge on any atom is -0.478 e. The van der Waals surface area contributed by atoms with E-state index in [4.69, 9.17) is 4.74 Å². The molecule has 26 heavy (non-hydrogen) atoms. The highest BCUT2D eigenvalue weighted by Crippen LogP contribution is 2.26. The SMILES string of the molecule is CCCc1ccc(Oc2ccc(/C=C(\C(=O)O)c3cccs3)cc2)cc1. The Morgan fingerprint density at radius 3 is 2.23 bits per heavy atom. The first kappa shape index (κ1) is 18.0. The minimum atomic E-state index is -0.931. The van der Waals surface area contributed by atoms with E-state index in [9.17, 15) is 9.90 Å². The molecule has 0 aliphatic heterocycles. The zero-order valence-electron chi connectivity index (χ0n) is 14.5. The van der Waals surface area contributed by atoms with Crippen LogP contribution in [0.2, 0.25) is 0 Å². The molecule has 0 aliphatic rings. The Bertz CT molecular complexity index is 876. The third-order valence-electron chi connectivity index (χ3n) is 3.91. The van der Waals surface area contributed by atoms with Crippen molar-refractivity contribution in [1.29, 1.82) is 0 Å². The van der Waals surface area contributed by atoms with Crippen molar-refractivity contribution in [2.45, 2.75) is 19.8 Å². The number of thiophene rings is 1. The molecule has 1 aromatic heterocycles. The molecule has 1 N–H and O–H groups in total. The number of benzene rings is 2. The number of carbonyl (C=O) groups is 1. The molecule has 4 heteroatoms. The van der Waals surface area contributed by atoms with Crippen molar-refractivity contribution in [3.8, 4) is 11.5 Å². The lowest BCUT2D eigenvalue weighted by Crippen LogP contribution is -1.97. The van der Waals surface area contributed by atoms with Crippen LogP contribution in [0.15, 0.2) is 66.0 Å². The van der Waals surface area contributed by atoms with Crippen molar-refractivity contribution in [2.75, 3.05) is 0 Å². The molecule has 2 aromatic carbocycles. The Kier molecular flexibility index (Phi) is 5.87. The van der Waals surface area contributed by atoms with Gasteiger partial charge in [-0.15, -0.1) is 11.3 Å². The van der Waals surface area contributed by atoms with Crippen molar-refractivity contribution in [3.63, 3.8) is 0 Å². The molecule has 0 spiro atoms. The summed E-state index contributed by atoms with van der Waals surface area (Å²) in [5.41, 5.74) is 2.41. The Morgan fingerprint density at radius 1 is 1.04 bits per heavy atom. The van der Waals surface area contributed by atoms with Crippen LogP contribution < -0.4 is 4.74 Å². The molecule has 3 aromatic rings. The van der Waals surface area contributed by atoms with Gasteiger partial charge < -0.3 is 9.84 Å². The van der Waals surface area contributed by atoms with Gasteiger partial charge in [0.2, 0.25) is 0 Å². The highest BCUT2D eigenvalue weighted by molar-refractivity contribution is 7.11. The fourth-order valence-electron chi connectivity index (χ4n) is 2.62. The topological polar surface area (TPSA) is 46.5 Å². The molecule has 3 nitrogen and oxygen atoms in total. The quantitative estimate of drug-likeness (QED) is 0.514. The van der Waals surface area contributed by atoms with Gasteiger partial charge in [-0.1, -0.05) is 43.7 Å². The van der Waals surface area contributed by atoms with Crippen molar-refractivity contribution in [1.82, 2.24) is 0 Å². The lowest BCUT2D eigenvalue weighted by molar-refractivity contribution is -0.130. The maximum absolute atomic E-state index is 11.5. The van der Waals surface area contributed by atoms with E-state index >= 15 is 0 Å². The van der Waals surface area contributed by atoms with Crippen LogP contribution in [-0.2, 0) is 11.2 Å². The number of hydrogen-bond donors (Lipinski definition) is 1. The lowest BCUT2D eigenvalue weighted by atomic mass is 10.1. The van der Waals surface area contributed by atoms with E-state index in [1.54, 1.807) is 6.08 Å². The second kappa shape index (κ2) is 8.50. The summed E-state index contributed by atoms with van der Waals surface area (Å²) in [4.78, 5) is 12.2. The summed E-state index contributed by atoms with van der Waals surface area (Å²) in [6, 6.07) is 19.2. The number of carboxylic acid groups (broad SMARTS) is 1. The number of aliphatic carboxylic acids is 1. The molecule has 1 heterocycles. The summed E-state index contributed by atoms with van der Waals surface area (Å²) < 4.78 is 5.86. The number of ether oxygens (including phenoxy) is 1. The van der Waals surface area contributed by atoms with Crippen molar-refractivity contribution >= 4 is 29.0 Å². The summed E-state index contributed by atoms with van der Waals surface area (Å²) in [5, 5.41) is 11.3. The molecular formula is C22H20O3S. The van der Waals surface area contributed by atoms with Crippen LogP contribution in [0.5, 0.6) is 11.5 Å². The van der Waals surface area contributed by atoms with Crippen LogP contribution in [0.3, 0.4) is 0 Å². The van der Waals surface area contributed by atoms with Gasteiger partial charge in [-0.3, -0.25) is 0 Å². The first-order valence-electron chi connectivity index (χ1n) is 8.51. The molecule has 0 aliphatic carbocycles. The van der Waals surface area contributed by atoms with Gasteiger partial charge in [-0.25, -0.2) is 4.79 Å². The molecule has 0 unspecified atom stereocenters. The molecule has 0 saturated heterocycles. The second-order valence-electron chi connectivity index (χ2n) is 5.91. The predicted octanol–water partition coefficient (Wildman–Crippen LogP) is 6.12. The van der Waals surface area contributed by atoms with Gasteiger partial charge in [-0.05, 0) is 59.3 Å². The monoisotopic (exact) mass is 364 g/mol. The standard InChI is InChI=1S/C22H20O3S/c1-2-4-16-6-10-18(11-7-16)25-19-12-8-17(9-13-19)15-20(22(23)24)21-5-3-14-26-21/h3,5-15H,2,4H2,1H3,(H,23,24)/b20-15-. The summed E-state index contributed by atoms with van der Waals surface area (Å²) in [6.07, 6.45) is 3.87. The Labute approximate surface area is 157 Å². The number of carboxylic acids is 1. The van der Waals surface area contributed by atoms with Gasteiger partial charge in [0.05, 0.1) is 5.57 Å². The molecule has 0 amide bonds. The van der Waals surface area contributed by atoms with Crippen molar-refractivity contribution < 1.29 is 14.6 Å². The van der Waals surface area contributed by atoms with Crippen LogP contribution in [0.25, 0.3) is 11.6 Å². The normalized spacial score (nSPS) is 11.3. The molecule has 0 atom stereocenters. The van der Waals surface area contributed by atoms with Gasteiger partial charge in [0.15, 0.2) is 0 Å². The molecule has 132 valence electrons. The van der Waals surface area contributed by atoms with E-state index in [0.29, 0.717) is 5.57 Å². The van der Waals surface area contributed by atoms with E-state index < -0.39 is 5.97 Å². The van der Waals surface area contributed by atoms with E-state index in [0.717, 1.165) is 34.8 Å². The third kappa shape index (κ3) is 4.61. The fraction of sp³-hybridized carbons (Fsp3) is 0.136. The highest BCUT2D eigenvalue weighted by atomic mass is 32.1. The van der Waals surface area contributed by atoms with E-state index in [-0.39, 0.29) is 0 Å².